The van der Waals surface area contributed by atoms with Crippen molar-refractivity contribution in [3.63, 3.8) is 0 Å². The molecule has 0 aliphatic heterocycles. The summed E-state index contributed by atoms with van der Waals surface area (Å²) in [5.74, 6) is 0.664. The number of hydrogen-bond acceptors (Lipinski definition) is 2. The molecule has 3 heteroatoms. The Morgan fingerprint density at radius 2 is 1.88 bits per heavy atom. The van der Waals surface area contributed by atoms with Gasteiger partial charge in [0.15, 0.2) is 0 Å². The highest BCUT2D eigenvalue weighted by molar-refractivity contribution is 5.75. The number of hydrogen-bond donors (Lipinski definition) is 2. The van der Waals surface area contributed by atoms with E-state index in [0.29, 0.717) is 25.3 Å². The fourth-order valence-electron chi connectivity index (χ4n) is 1.55. The summed E-state index contributed by atoms with van der Waals surface area (Å²) >= 11 is 0. The van der Waals surface area contributed by atoms with Gasteiger partial charge in [0.2, 0.25) is 5.91 Å². The third kappa shape index (κ3) is 6.83. The van der Waals surface area contributed by atoms with Gasteiger partial charge < -0.3 is 10.4 Å². The van der Waals surface area contributed by atoms with Crippen LogP contribution >= 0.6 is 0 Å². The Kier molecular flexibility index (Phi) is 7.39. The first kappa shape index (κ1) is 15.4. The van der Waals surface area contributed by atoms with E-state index >= 15 is 0 Å². The molecule has 0 aromatic heterocycles. The quantitative estimate of drug-likeness (QED) is 0.672. The molecule has 0 unspecified atom stereocenters. The molecule has 0 heterocycles. The van der Waals surface area contributed by atoms with Crippen molar-refractivity contribution in [2.75, 3.05) is 6.54 Å². The highest BCUT2D eigenvalue weighted by Crippen LogP contribution is 2.18. The van der Waals surface area contributed by atoms with Crippen LogP contribution in [0.1, 0.15) is 59.8 Å². The van der Waals surface area contributed by atoms with E-state index in [-0.39, 0.29) is 5.91 Å². The lowest BCUT2D eigenvalue weighted by Gasteiger charge is -2.25. The Morgan fingerprint density at radius 3 is 2.31 bits per heavy atom. The smallest absolute Gasteiger partial charge is 0.220 e. The SMILES string of the molecule is CCC(O)(CC)CCNC(=O)CCC(C)C. The Balaban J connectivity index is 3.69. The van der Waals surface area contributed by atoms with Crippen LogP contribution in [0.25, 0.3) is 0 Å². The molecule has 3 nitrogen and oxygen atoms in total. The molecule has 16 heavy (non-hydrogen) atoms. The normalized spacial score (nSPS) is 11.9. The molecule has 0 saturated heterocycles. The van der Waals surface area contributed by atoms with Crippen LogP contribution in [0, 0.1) is 5.92 Å². The fraction of sp³-hybridized carbons (Fsp3) is 0.923. The Morgan fingerprint density at radius 1 is 1.31 bits per heavy atom. The van der Waals surface area contributed by atoms with E-state index < -0.39 is 5.60 Å². The molecule has 0 fully saturated rings. The fourth-order valence-corrected chi connectivity index (χ4v) is 1.55. The number of aliphatic hydroxyl groups is 1. The van der Waals surface area contributed by atoms with E-state index in [2.05, 4.69) is 19.2 Å². The summed E-state index contributed by atoms with van der Waals surface area (Å²) in [5.41, 5.74) is -0.606. The van der Waals surface area contributed by atoms with E-state index in [4.69, 9.17) is 0 Å². The van der Waals surface area contributed by atoms with E-state index in [9.17, 15) is 9.90 Å². The van der Waals surface area contributed by atoms with Crippen LogP contribution in [0.3, 0.4) is 0 Å². The minimum Gasteiger partial charge on any atom is -0.390 e. The second-order valence-electron chi connectivity index (χ2n) is 4.96. The molecular weight excluding hydrogens is 202 g/mol. The molecule has 0 atom stereocenters. The first-order valence-corrected chi connectivity index (χ1v) is 6.42. The zero-order valence-electron chi connectivity index (χ0n) is 11.2. The number of amides is 1. The van der Waals surface area contributed by atoms with Gasteiger partial charge >= 0.3 is 0 Å². The second-order valence-corrected chi connectivity index (χ2v) is 4.96. The molecule has 0 rings (SSSR count). The maximum absolute atomic E-state index is 11.4. The maximum Gasteiger partial charge on any atom is 0.220 e. The van der Waals surface area contributed by atoms with Crippen LogP contribution in [0.5, 0.6) is 0 Å². The molecule has 1 amide bonds. The minimum atomic E-state index is -0.606. The zero-order valence-corrected chi connectivity index (χ0v) is 11.2. The van der Waals surface area contributed by atoms with Crippen molar-refractivity contribution in [2.45, 2.75) is 65.4 Å². The lowest BCUT2D eigenvalue weighted by atomic mass is 9.93. The second kappa shape index (κ2) is 7.66. The summed E-state index contributed by atoms with van der Waals surface area (Å²) < 4.78 is 0. The van der Waals surface area contributed by atoms with Gasteiger partial charge in [-0.2, -0.15) is 0 Å². The molecule has 0 aromatic carbocycles. The standard InChI is InChI=1S/C13H27NO2/c1-5-13(16,6-2)9-10-14-12(15)8-7-11(3)4/h11,16H,5-10H2,1-4H3,(H,14,15). The average Bonchev–Trinajstić information content (AvgIpc) is 2.26. The van der Waals surface area contributed by atoms with Crippen LogP contribution in [0.4, 0.5) is 0 Å². The van der Waals surface area contributed by atoms with E-state index in [1.54, 1.807) is 0 Å². The predicted molar refractivity (Wildman–Crippen MR) is 67.2 cm³/mol. The van der Waals surface area contributed by atoms with Crippen LogP contribution in [-0.2, 0) is 4.79 Å². The summed E-state index contributed by atoms with van der Waals surface area (Å²) in [6, 6.07) is 0. The molecule has 0 radical (unpaired) electrons. The van der Waals surface area contributed by atoms with Gasteiger partial charge in [-0.05, 0) is 31.6 Å². The van der Waals surface area contributed by atoms with Gasteiger partial charge in [-0.3, -0.25) is 4.79 Å². The predicted octanol–water partition coefficient (Wildman–Crippen LogP) is 2.48. The third-order valence-corrected chi connectivity index (χ3v) is 3.18. The molecule has 0 aliphatic rings. The van der Waals surface area contributed by atoms with Crippen molar-refractivity contribution in [3.05, 3.63) is 0 Å². The number of carbonyl (C=O) groups is 1. The zero-order chi connectivity index (χ0) is 12.6. The minimum absolute atomic E-state index is 0.100. The molecule has 0 spiro atoms. The van der Waals surface area contributed by atoms with Gasteiger partial charge in [-0.15, -0.1) is 0 Å². The lowest BCUT2D eigenvalue weighted by Crippen LogP contribution is -2.34. The first-order valence-electron chi connectivity index (χ1n) is 6.42. The lowest BCUT2D eigenvalue weighted by molar-refractivity contribution is -0.121. The van der Waals surface area contributed by atoms with Crippen molar-refractivity contribution < 1.29 is 9.90 Å². The first-order chi connectivity index (χ1) is 7.43. The topological polar surface area (TPSA) is 49.3 Å². The summed E-state index contributed by atoms with van der Waals surface area (Å²) in [6.45, 7) is 8.75. The van der Waals surface area contributed by atoms with Crippen LogP contribution in [-0.4, -0.2) is 23.2 Å². The number of rotatable bonds is 8. The summed E-state index contributed by atoms with van der Waals surface area (Å²) in [6.07, 6.45) is 3.65. The van der Waals surface area contributed by atoms with Crippen molar-refractivity contribution in [3.8, 4) is 0 Å². The number of carbonyl (C=O) groups excluding carboxylic acids is 1. The summed E-state index contributed by atoms with van der Waals surface area (Å²) in [7, 11) is 0. The van der Waals surface area contributed by atoms with Crippen molar-refractivity contribution in [1.29, 1.82) is 0 Å². The monoisotopic (exact) mass is 229 g/mol. The highest BCUT2D eigenvalue weighted by atomic mass is 16.3. The Bertz CT molecular complexity index is 198. The Labute approximate surface area is 99.6 Å². The van der Waals surface area contributed by atoms with Crippen molar-refractivity contribution in [1.82, 2.24) is 5.32 Å². The van der Waals surface area contributed by atoms with Crippen LogP contribution < -0.4 is 5.32 Å². The summed E-state index contributed by atoms with van der Waals surface area (Å²) in [4.78, 5) is 11.4. The van der Waals surface area contributed by atoms with Crippen molar-refractivity contribution >= 4 is 5.91 Å². The molecule has 2 N–H and O–H groups in total. The molecule has 0 aliphatic carbocycles. The summed E-state index contributed by atoms with van der Waals surface area (Å²) in [5, 5.41) is 12.9. The highest BCUT2D eigenvalue weighted by Gasteiger charge is 2.21. The van der Waals surface area contributed by atoms with Gasteiger partial charge in [-0.25, -0.2) is 0 Å². The Hall–Kier alpha value is -0.570. The van der Waals surface area contributed by atoms with Gasteiger partial charge in [0.25, 0.3) is 0 Å². The average molecular weight is 229 g/mol. The van der Waals surface area contributed by atoms with Gasteiger partial charge in [0.1, 0.15) is 0 Å². The molecular formula is C13H27NO2. The van der Waals surface area contributed by atoms with Gasteiger partial charge in [0.05, 0.1) is 5.60 Å². The van der Waals surface area contributed by atoms with E-state index in [1.807, 2.05) is 13.8 Å². The number of nitrogens with one attached hydrogen (secondary N) is 1. The van der Waals surface area contributed by atoms with Gasteiger partial charge in [0, 0.05) is 13.0 Å². The van der Waals surface area contributed by atoms with E-state index in [0.717, 1.165) is 19.3 Å². The van der Waals surface area contributed by atoms with Crippen molar-refractivity contribution in [2.24, 2.45) is 5.92 Å². The van der Waals surface area contributed by atoms with Crippen LogP contribution in [0.2, 0.25) is 0 Å². The molecule has 96 valence electrons. The van der Waals surface area contributed by atoms with E-state index in [1.165, 1.54) is 0 Å². The largest absolute Gasteiger partial charge is 0.390 e. The molecule has 0 aromatic rings. The van der Waals surface area contributed by atoms with Crippen LogP contribution in [0.15, 0.2) is 0 Å². The molecule has 0 saturated carbocycles. The van der Waals surface area contributed by atoms with Gasteiger partial charge in [-0.1, -0.05) is 27.7 Å². The maximum atomic E-state index is 11.4. The molecule has 0 bridgehead atoms. The third-order valence-electron chi connectivity index (χ3n) is 3.18.